The highest BCUT2D eigenvalue weighted by Gasteiger charge is 2.20. The summed E-state index contributed by atoms with van der Waals surface area (Å²) < 4.78 is 27.0. The third-order valence-electron chi connectivity index (χ3n) is 4.22. The van der Waals surface area contributed by atoms with Gasteiger partial charge in [-0.2, -0.15) is 0 Å². The second-order valence-electron chi connectivity index (χ2n) is 6.40. The van der Waals surface area contributed by atoms with E-state index in [9.17, 15) is 13.2 Å². The number of rotatable bonds is 5. The average molecular weight is 404 g/mol. The Labute approximate surface area is 162 Å². The van der Waals surface area contributed by atoms with Crippen LogP contribution < -0.4 is 5.32 Å². The van der Waals surface area contributed by atoms with Crippen molar-refractivity contribution in [2.75, 3.05) is 18.9 Å². The Hall–Kier alpha value is -2.29. The SMILES string of the molecule is CCN(C)S(=O)(=O)c1ccc2nc(NC(=O)c3cc(C)cc(C)c3)sc2c1. The number of carbonyl (C=O) groups is 1. The molecule has 8 heteroatoms. The number of hydrogen-bond donors (Lipinski definition) is 1. The lowest BCUT2D eigenvalue weighted by Gasteiger charge is -2.14. The molecule has 0 unspecified atom stereocenters. The van der Waals surface area contributed by atoms with E-state index in [0.29, 0.717) is 27.5 Å². The number of hydrogen-bond acceptors (Lipinski definition) is 5. The van der Waals surface area contributed by atoms with Gasteiger partial charge in [0.15, 0.2) is 5.13 Å². The van der Waals surface area contributed by atoms with Gasteiger partial charge in [0.25, 0.3) is 5.91 Å². The summed E-state index contributed by atoms with van der Waals surface area (Å²) in [5, 5.41) is 3.24. The van der Waals surface area contributed by atoms with Crippen LogP contribution in [0.2, 0.25) is 0 Å². The summed E-state index contributed by atoms with van der Waals surface area (Å²) >= 11 is 1.25. The zero-order chi connectivity index (χ0) is 19.8. The summed E-state index contributed by atoms with van der Waals surface area (Å²) in [5.74, 6) is -0.237. The van der Waals surface area contributed by atoms with Crippen LogP contribution in [0.15, 0.2) is 41.3 Å². The van der Waals surface area contributed by atoms with Crippen molar-refractivity contribution in [1.82, 2.24) is 9.29 Å². The molecule has 27 heavy (non-hydrogen) atoms. The van der Waals surface area contributed by atoms with E-state index in [1.165, 1.54) is 15.6 Å². The molecule has 0 aliphatic heterocycles. The maximum absolute atomic E-state index is 12.5. The molecule has 6 nitrogen and oxygen atoms in total. The van der Waals surface area contributed by atoms with Crippen LogP contribution >= 0.6 is 11.3 Å². The van der Waals surface area contributed by atoms with Crippen molar-refractivity contribution >= 4 is 42.6 Å². The van der Waals surface area contributed by atoms with Gasteiger partial charge in [-0.15, -0.1) is 0 Å². The normalized spacial score (nSPS) is 11.9. The fourth-order valence-electron chi connectivity index (χ4n) is 2.74. The number of fused-ring (bicyclic) bond motifs is 1. The summed E-state index contributed by atoms with van der Waals surface area (Å²) in [6.45, 7) is 6.05. The number of anilines is 1. The molecule has 0 aliphatic rings. The van der Waals surface area contributed by atoms with E-state index in [2.05, 4.69) is 10.3 Å². The van der Waals surface area contributed by atoms with Crippen molar-refractivity contribution < 1.29 is 13.2 Å². The van der Waals surface area contributed by atoms with E-state index in [1.807, 2.05) is 32.0 Å². The number of nitrogens with zero attached hydrogens (tertiary/aromatic N) is 2. The van der Waals surface area contributed by atoms with Crippen molar-refractivity contribution in [2.45, 2.75) is 25.7 Å². The fourth-order valence-corrected chi connectivity index (χ4v) is 4.93. The molecule has 1 amide bonds. The van der Waals surface area contributed by atoms with Crippen LogP contribution in [0.1, 0.15) is 28.4 Å². The number of benzene rings is 2. The molecule has 1 heterocycles. The molecular weight excluding hydrogens is 382 g/mol. The first kappa shape index (κ1) is 19.5. The van der Waals surface area contributed by atoms with Gasteiger partial charge < -0.3 is 0 Å². The summed E-state index contributed by atoms with van der Waals surface area (Å²) in [7, 11) is -1.98. The van der Waals surface area contributed by atoms with Crippen molar-refractivity contribution in [3.8, 4) is 0 Å². The second-order valence-corrected chi connectivity index (χ2v) is 9.47. The number of sulfonamides is 1. The number of thiazole rings is 1. The Morgan fingerprint density at radius 2 is 1.81 bits per heavy atom. The first-order valence-electron chi connectivity index (χ1n) is 8.47. The van der Waals surface area contributed by atoms with Crippen LogP contribution in [0.3, 0.4) is 0 Å². The predicted molar refractivity (Wildman–Crippen MR) is 109 cm³/mol. The maximum atomic E-state index is 12.5. The fraction of sp³-hybridized carbons (Fsp3) is 0.263. The molecule has 0 bridgehead atoms. The smallest absolute Gasteiger partial charge is 0.257 e. The van der Waals surface area contributed by atoms with Crippen LogP contribution in [0.4, 0.5) is 5.13 Å². The van der Waals surface area contributed by atoms with E-state index in [1.54, 1.807) is 32.2 Å². The molecule has 142 valence electrons. The standard InChI is InChI=1S/C19H21N3O3S2/c1-5-22(4)27(24,25)15-6-7-16-17(11-15)26-19(20-16)21-18(23)14-9-12(2)8-13(3)10-14/h6-11H,5H2,1-4H3,(H,20,21,23). The Balaban J connectivity index is 1.90. The van der Waals surface area contributed by atoms with Gasteiger partial charge in [-0.1, -0.05) is 35.5 Å². The van der Waals surface area contributed by atoms with Gasteiger partial charge in [0.2, 0.25) is 10.0 Å². The summed E-state index contributed by atoms with van der Waals surface area (Å²) in [6.07, 6.45) is 0. The molecule has 2 aromatic carbocycles. The van der Waals surface area contributed by atoms with Gasteiger partial charge in [0.05, 0.1) is 15.1 Å². The highest BCUT2D eigenvalue weighted by molar-refractivity contribution is 7.89. The Bertz CT molecular complexity index is 1100. The molecule has 0 saturated heterocycles. The van der Waals surface area contributed by atoms with Gasteiger partial charge in [-0.05, 0) is 44.2 Å². The van der Waals surface area contributed by atoms with E-state index < -0.39 is 10.0 Å². The Morgan fingerprint density at radius 1 is 1.15 bits per heavy atom. The van der Waals surface area contributed by atoms with Crippen molar-refractivity contribution in [1.29, 1.82) is 0 Å². The molecule has 3 rings (SSSR count). The van der Waals surface area contributed by atoms with Gasteiger partial charge >= 0.3 is 0 Å². The van der Waals surface area contributed by atoms with E-state index in [-0.39, 0.29) is 10.8 Å². The number of carbonyl (C=O) groups excluding carboxylic acids is 1. The Kier molecular flexibility index (Phi) is 5.32. The molecule has 0 saturated carbocycles. The van der Waals surface area contributed by atoms with Crippen molar-refractivity contribution in [3.63, 3.8) is 0 Å². The molecule has 0 spiro atoms. The lowest BCUT2D eigenvalue weighted by molar-refractivity contribution is 0.102. The first-order chi connectivity index (χ1) is 12.7. The third-order valence-corrected chi connectivity index (χ3v) is 7.08. The largest absolute Gasteiger partial charge is 0.298 e. The summed E-state index contributed by atoms with van der Waals surface area (Å²) in [5.41, 5.74) is 3.24. The molecule has 3 aromatic rings. The summed E-state index contributed by atoms with van der Waals surface area (Å²) in [6, 6.07) is 10.4. The minimum atomic E-state index is -3.52. The zero-order valence-electron chi connectivity index (χ0n) is 15.6. The van der Waals surface area contributed by atoms with Crippen molar-refractivity contribution in [2.24, 2.45) is 0 Å². The highest BCUT2D eigenvalue weighted by atomic mass is 32.2. The third kappa shape index (κ3) is 4.02. The quantitative estimate of drug-likeness (QED) is 0.703. The molecule has 0 atom stereocenters. The predicted octanol–water partition coefficient (Wildman–Crippen LogP) is 3.81. The molecule has 1 N–H and O–H groups in total. The van der Waals surface area contributed by atoms with Crippen molar-refractivity contribution in [3.05, 3.63) is 53.1 Å². The van der Waals surface area contributed by atoms with Crippen LogP contribution in [0.25, 0.3) is 10.2 Å². The van der Waals surface area contributed by atoms with Gasteiger partial charge in [-0.3, -0.25) is 10.1 Å². The molecule has 0 radical (unpaired) electrons. The minimum absolute atomic E-state index is 0.218. The summed E-state index contributed by atoms with van der Waals surface area (Å²) in [4.78, 5) is 17.1. The van der Waals surface area contributed by atoms with E-state index in [0.717, 1.165) is 11.1 Å². The lowest BCUT2D eigenvalue weighted by Crippen LogP contribution is -2.26. The van der Waals surface area contributed by atoms with Crippen LogP contribution in [-0.2, 0) is 10.0 Å². The highest BCUT2D eigenvalue weighted by Crippen LogP contribution is 2.29. The minimum Gasteiger partial charge on any atom is -0.298 e. The maximum Gasteiger partial charge on any atom is 0.257 e. The number of aryl methyl sites for hydroxylation is 2. The molecule has 0 fully saturated rings. The topological polar surface area (TPSA) is 79.4 Å². The molecule has 0 aliphatic carbocycles. The van der Waals surface area contributed by atoms with Gasteiger partial charge in [0.1, 0.15) is 0 Å². The molecular formula is C19H21N3O3S2. The van der Waals surface area contributed by atoms with Crippen LogP contribution in [0, 0.1) is 13.8 Å². The van der Waals surface area contributed by atoms with Crippen LogP contribution in [-0.4, -0.2) is 37.2 Å². The number of nitrogens with one attached hydrogen (secondary N) is 1. The van der Waals surface area contributed by atoms with E-state index in [4.69, 9.17) is 0 Å². The van der Waals surface area contributed by atoms with Gasteiger partial charge in [0, 0.05) is 19.2 Å². The number of aromatic nitrogens is 1. The second kappa shape index (κ2) is 7.38. The zero-order valence-corrected chi connectivity index (χ0v) is 17.2. The average Bonchev–Trinajstić information content (AvgIpc) is 3.01. The Morgan fingerprint density at radius 3 is 2.44 bits per heavy atom. The van der Waals surface area contributed by atoms with E-state index >= 15 is 0 Å². The van der Waals surface area contributed by atoms with Gasteiger partial charge in [-0.25, -0.2) is 17.7 Å². The lowest BCUT2D eigenvalue weighted by atomic mass is 10.1. The van der Waals surface area contributed by atoms with Crippen LogP contribution in [0.5, 0.6) is 0 Å². The first-order valence-corrected chi connectivity index (χ1v) is 10.7. The molecule has 1 aromatic heterocycles. The monoisotopic (exact) mass is 403 g/mol. The number of amides is 1.